The van der Waals surface area contributed by atoms with Crippen LogP contribution in [-0.4, -0.2) is 25.2 Å². The Morgan fingerprint density at radius 3 is 2.60 bits per heavy atom. The smallest absolute Gasteiger partial charge is 0.258 e. The maximum atomic E-state index is 12.0. The van der Waals surface area contributed by atoms with Gasteiger partial charge >= 0.3 is 0 Å². The summed E-state index contributed by atoms with van der Waals surface area (Å²) in [6.07, 6.45) is 0. The Morgan fingerprint density at radius 2 is 1.96 bits per heavy atom. The van der Waals surface area contributed by atoms with Crippen LogP contribution in [0.2, 0.25) is 0 Å². The van der Waals surface area contributed by atoms with Gasteiger partial charge in [0.1, 0.15) is 0 Å². The van der Waals surface area contributed by atoms with Crippen molar-refractivity contribution >= 4 is 17.2 Å². The molecule has 5 nitrogen and oxygen atoms in total. The van der Waals surface area contributed by atoms with Gasteiger partial charge in [0.25, 0.3) is 5.91 Å². The molecule has 136 valence electrons. The molecule has 1 heterocycles. The summed E-state index contributed by atoms with van der Waals surface area (Å²) < 4.78 is 11.2. The van der Waals surface area contributed by atoms with Gasteiger partial charge in [0.15, 0.2) is 18.1 Å². The van der Waals surface area contributed by atoms with Gasteiger partial charge in [-0.2, -0.15) is 0 Å². The highest BCUT2D eigenvalue weighted by atomic mass is 32.1. The first-order valence-electron chi connectivity index (χ1n) is 8.22. The van der Waals surface area contributed by atoms with Crippen LogP contribution in [0, 0.1) is 0 Å². The van der Waals surface area contributed by atoms with Gasteiger partial charge in [-0.1, -0.05) is 18.2 Å². The van der Waals surface area contributed by atoms with Crippen LogP contribution in [0.3, 0.4) is 0 Å². The summed E-state index contributed by atoms with van der Waals surface area (Å²) in [6.45, 7) is 7.19. The van der Waals surface area contributed by atoms with Gasteiger partial charge in [-0.15, -0.1) is 11.3 Å². The molecule has 2 rings (SSSR count). The molecule has 0 fully saturated rings. The normalized spacial score (nSPS) is 11.2. The van der Waals surface area contributed by atoms with Gasteiger partial charge in [0, 0.05) is 29.1 Å². The number of hydrogen-bond acceptors (Lipinski definition) is 5. The van der Waals surface area contributed by atoms with Gasteiger partial charge in [0.05, 0.1) is 7.11 Å². The Labute approximate surface area is 153 Å². The Kier molecular flexibility index (Phi) is 6.84. The molecule has 1 aromatic carbocycles. The SMILES string of the molecule is COc1cccc(CNCc2cccs2)c1OCC(=O)NC(C)(C)C. The van der Waals surface area contributed by atoms with Gasteiger partial charge < -0.3 is 20.1 Å². The molecule has 2 N–H and O–H groups in total. The zero-order valence-electron chi connectivity index (χ0n) is 15.2. The van der Waals surface area contributed by atoms with E-state index in [9.17, 15) is 4.79 Å². The average molecular weight is 362 g/mol. The third-order valence-corrected chi connectivity index (χ3v) is 4.21. The number of benzene rings is 1. The molecule has 1 amide bonds. The lowest BCUT2D eigenvalue weighted by atomic mass is 10.1. The Bertz CT molecular complexity index is 678. The van der Waals surface area contributed by atoms with Crippen molar-refractivity contribution in [2.24, 2.45) is 0 Å². The lowest BCUT2D eigenvalue weighted by molar-refractivity contribution is -0.124. The van der Waals surface area contributed by atoms with E-state index in [4.69, 9.17) is 9.47 Å². The topological polar surface area (TPSA) is 59.6 Å². The molecule has 6 heteroatoms. The molecule has 0 atom stereocenters. The van der Waals surface area contributed by atoms with E-state index in [0.29, 0.717) is 18.0 Å². The summed E-state index contributed by atoms with van der Waals surface area (Å²) in [6, 6.07) is 9.86. The highest BCUT2D eigenvalue weighted by Crippen LogP contribution is 2.31. The number of methoxy groups -OCH3 is 1. The van der Waals surface area contributed by atoms with E-state index in [-0.39, 0.29) is 18.1 Å². The molecule has 0 unspecified atom stereocenters. The third kappa shape index (κ3) is 6.40. The molecular formula is C19H26N2O3S. The Morgan fingerprint density at radius 1 is 1.16 bits per heavy atom. The molecule has 25 heavy (non-hydrogen) atoms. The first-order valence-corrected chi connectivity index (χ1v) is 9.10. The molecule has 0 aliphatic rings. The molecule has 0 saturated heterocycles. The lowest BCUT2D eigenvalue weighted by Crippen LogP contribution is -2.43. The molecule has 0 aliphatic carbocycles. The largest absolute Gasteiger partial charge is 0.493 e. The summed E-state index contributed by atoms with van der Waals surface area (Å²) in [5, 5.41) is 8.35. The van der Waals surface area contributed by atoms with E-state index < -0.39 is 0 Å². The maximum absolute atomic E-state index is 12.0. The summed E-state index contributed by atoms with van der Waals surface area (Å²) in [5.74, 6) is 1.07. The van der Waals surface area contributed by atoms with Gasteiger partial charge in [-0.25, -0.2) is 0 Å². The number of thiophene rings is 1. The maximum Gasteiger partial charge on any atom is 0.258 e. The number of ether oxygens (including phenoxy) is 2. The first kappa shape index (κ1) is 19.3. The standard InChI is InChI=1S/C19H26N2O3S/c1-19(2,3)21-17(22)13-24-18-14(7-5-9-16(18)23-4)11-20-12-15-8-6-10-25-15/h5-10,20H,11-13H2,1-4H3,(H,21,22). The van der Waals surface area contributed by atoms with E-state index in [1.54, 1.807) is 18.4 Å². The molecule has 0 bridgehead atoms. The van der Waals surface area contributed by atoms with Crippen molar-refractivity contribution in [1.82, 2.24) is 10.6 Å². The van der Waals surface area contributed by atoms with Crippen LogP contribution in [0.15, 0.2) is 35.7 Å². The number of carbonyl (C=O) groups excluding carboxylic acids is 1. The summed E-state index contributed by atoms with van der Waals surface area (Å²) in [5.41, 5.74) is 0.672. The minimum absolute atomic E-state index is 0.0461. The van der Waals surface area contributed by atoms with Crippen LogP contribution in [0.4, 0.5) is 0 Å². The predicted octanol–water partition coefficient (Wildman–Crippen LogP) is 3.34. The second-order valence-corrected chi connectivity index (χ2v) is 7.75. The van der Waals surface area contributed by atoms with E-state index in [1.165, 1.54) is 4.88 Å². The minimum atomic E-state index is -0.285. The van der Waals surface area contributed by atoms with Crippen molar-refractivity contribution in [3.05, 3.63) is 46.2 Å². The number of nitrogens with one attached hydrogen (secondary N) is 2. The van der Waals surface area contributed by atoms with Crippen LogP contribution in [-0.2, 0) is 17.9 Å². The monoisotopic (exact) mass is 362 g/mol. The minimum Gasteiger partial charge on any atom is -0.493 e. The number of hydrogen-bond donors (Lipinski definition) is 2. The quantitative estimate of drug-likeness (QED) is 0.756. The van der Waals surface area contributed by atoms with Gasteiger partial charge in [0.2, 0.25) is 0 Å². The summed E-state index contributed by atoms with van der Waals surface area (Å²) in [7, 11) is 1.60. The molecule has 0 aliphatic heterocycles. The Balaban J connectivity index is 2.00. The number of rotatable bonds is 8. The molecule has 0 saturated carbocycles. The van der Waals surface area contributed by atoms with E-state index >= 15 is 0 Å². The van der Waals surface area contributed by atoms with Gasteiger partial charge in [-0.05, 0) is 38.3 Å². The average Bonchev–Trinajstić information content (AvgIpc) is 3.05. The zero-order chi connectivity index (χ0) is 18.3. The highest BCUT2D eigenvalue weighted by Gasteiger charge is 2.16. The second-order valence-electron chi connectivity index (χ2n) is 6.72. The first-order chi connectivity index (χ1) is 11.9. The fourth-order valence-corrected chi connectivity index (χ4v) is 3.03. The van der Waals surface area contributed by atoms with Crippen LogP contribution < -0.4 is 20.1 Å². The van der Waals surface area contributed by atoms with E-state index in [1.807, 2.05) is 45.0 Å². The van der Waals surface area contributed by atoms with Crippen LogP contribution >= 0.6 is 11.3 Å². The molecule has 1 aromatic heterocycles. The molecule has 2 aromatic rings. The number of carbonyl (C=O) groups is 1. The Hall–Kier alpha value is -2.05. The molecular weight excluding hydrogens is 336 g/mol. The van der Waals surface area contributed by atoms with Crippen molar-refractivity contribution in [2.75, 3.05) is 13.7 Å². The van der Waals surface area contributed by atoms with E-state index in [2.05, 4.69) is 22.1 Å². The van der Waals surface area contributed by atoms with Crippen molar-refractivity contribution in [2.45, 2.75) is 39.4 Å². The fourth-order valence-electron chi connectivity index (χ4n) is 2.35. The third-order valence-electron chi connectivity index (χ3n) is 3.34. The van der Waals surface area contributed by atoms with Crippen molar-refractivity contribution < 1.29 is 14.3 Å². The van der Waals surface area contributed by atoms with Crippen LogP contribution in [0.5, 0.6) is 11.5 Å². The van der Waals surface area contributed by atoms with Crippen molar-refractivity contribution in [3.8, 4) is 11.5 Å². The highest BCUT2D eigenvalue weighted by molar-refractivity contribution is 7.09. The second kappa shape index (κ2) is 8.87. The fraction of sp³-hybridized carbons (Fsp3) is 0.421. The molecule has 0 radical (unpaired) electrons. The van der Waals surface area contributed by atoms with Crippen LogP contribution in [0.1, 0.15) is 31.2 Å². The zero-order valence-corrected chi connectivity index (χ0v) is 16.0. The van der Waals surface area contributed by atoms with Crippen LogP contribution in [0.25, 0.3) is 0 Å². The summed E-state index contributed by atoms with van der Waals surface area (Å²) in [4.78, 5) is 13.3. The number of para-hydroxylation sites is 1. The molecule has 0 spiro atoms. The lowest BCUT2D eigenvalue weighted by Gasteiger charge is -2.21. The number of amides is 1. The van der Waals surface area contributed by atoms with Crippen molar-refractivity contribution in [1.29, 1.82) is 0 Å². The predicted molar refractivity (Wildman–Crippen MR) is 101 cm³/mol. The van der Waals surface area contributed by atoms with E-state index in [0.717, 1.165) is 12.1 Å². The van der Waals surface area contributed by atoms with Crippen molar-refractivity contribution in [3.63, 3.8) is 0 Å². The van der Waals surface area contributed by atoms with Gasteiger partial charge in [-0.3, -0.25) is 4.79 Å². The summed E-state index contributed by atoms with van der Waals surface area (Å²) >= 11 is 1.72.